The van der Waals surface area contributed by atoms with Crippen LogP contribution in [0.5, 0.6) is 5.75 Å². The zero-order valence-electron chi connectivity index (χ0n) is 14.4. The summed E-state index contributed by atoms with van der Waals surface area (Å²) in [6.45, 7) is 0.513. The zero-order chi connectivity index (χ0) is 18.5. The average molecular weight is 353 g/mol. The molecular weight excluding hydrogens is 334 g/mol. The second kappa shape index (κ2) is 7.82. The molecular formula is C20H19NO5. The van der Waals surface area contributed by atoms with E-state index in [-0.39, 0.29) is 18.4 Å². The van der Waals surface area contributed by atoms with Gasteiger partial charge in [-0.05, 0) is 37.1 Å². The van der Waals surface area contributed by atoms with Gasteiger partial charge in [0.25, 0.3) is 11.8 Å². The van der Waals surface area contributed by atoms with Crippen molar-refractivity contribution in [2.45, 2.75) is 12.8 Å². The highest BCUT2D eigenvalue weighted by molar-refractivity contribution is 6.21. The number of para-hydroxylation sites is 1. The van der Waals surface area contributed by atoms with Crippen LogP contribution < -0.4 is 4.74 Å². The molecule has 0 N–H and O–H groups in total. The fourth-order valence-corrected chi connectivity index (χ4v) is 2.87. The number of methoxy groups -OCH3 is 1. The molecule has 2 aromatic carbocycles. The Kier molecular flexibility index (Phi) is 5.31. The molecule has 0 fully saturated rings. The highest BCUT2D eigenvalue weighted by Crippen LogP contribution is 2.23. The van der Waals surface area contributed by atoms with Crippen molar-refractivity contribution in [3.8, 4) is 5.75 Å². The lowest BCUT2D eigenvalue weighted by Gasteiger charge is -2.13. The Hall–Kier alpha value is -3.15. The normalized spacial score (nSPS) is 12.9. The Morgan fingerprint density at radius 3 is 2.19 bits per heavy atom. The van der Waals surface area contributed by atoms with Crippen molar-refractivity contribution in [2.75, 3.05) is 20.3 Å². The number of imide groups is 1. The zero-order valence-corrected chi connectivity index (χ0v) is 14.4. The number of nitrogens with zero attached hydrogens (tertiary/aromatic N) is 1. The van der Waals surface area contributed by atoms with E-state index >= 15 is 0 Å². The van der Waals surface area contributed by atoms with E-state index in [9.17, 15) is 14.4 Å². The number of hydrogen-bond donors (Lipinski definition) is 0. The molecule has 2 aromatic rings. The summed E-state index contributed by atoms with van der Waals surface area (Å²) in [5.41, 5.74) is 1.26. The van der Waals surface area contributed by atoms with Crippen molar-refractivity contribution < 1.29 is 23.9 Å². The molecule has 0 unspecified atom stereocenters. The van der Waals surface area contributed by atoms with Crippen LogP contribution in [-0.4, -0.2) is 42.9 Å². The van der Waals surface area contributed by atoms with Crippen LogP contribution in [0.4, 0.5) is 0 Å². The highest BCUT2D eigenvalue weighted by Gasteiger charge is 2.34. The molecule has 0 aromatic heterocycles. The number of unbranched alkanes of at least 4 members (excludes halogenated alkanes) is 1. The Bertz CT molecular complexity index is 811. The van der Waals surface area contributed by atoms with Crippen LogP contribution in [0.1, 0.15) is 43.9 Å². The first-order valence-corrected chi connectivity index (χ1v) is 8.39. The molecule has 26 heavy (non-hydrogen) atoms. The third-order valence-corrected chi connectivity index (χ3v) is 4.21. The second-order valence-corrected chi connectivity index (χ2v) is 5.85. The maximum Gasteiger partial charge on any atom is 0.341 e. The second-order valence-electron chi connectivity index (χ2n) is 5.85. The lowest BCUT2D eigenvalue weighted by Crippen LogP contribution is -2.30. The maximum atomic E-state index is 12.2. The molecule has 1 heterocycles. The lowest BCUT2D eigenvalue weighted by atomic mass is 10.1. The Morgan fingerprint density at radius 2 is 1.54 bits per heavy atom. The van der Waals surface area contributed by atoms with E-state index in [1.165, 1.54) is 12.0 Å². The summed E-state index contributed by atoms with van der Waals surface area (Å²) >= 11 is 0. The number of amides is 2. The van der Waals surface area contributed by atoms with Gasteiger partial charge < -0.3 is 9.47 Å². The van der Waals surface area contributed by atoms with Gasteiger partial charge in [-0.1, -0.05) is 24.3 Å². The van der Waals surface area contributed by atoms with Gasteiger partial charge in [0, 0.05) is 6.54 Å². The Balaban J connectivity index is 1.46. The molecule has 1 aliphatic rings. The summed E-state index contributed by atoms with van der Waals surface area (Å²) in [5.74, 6) is -0.528. The largest absolute Gasteiger partial charge is 0.496 e. The molecule has 0 spiro atoms. The first kappa shape index (κ1) is 17.7. The predicted molar refractivity (Wildman–Crippen MR) is 94.3 cm³/mol. The SMILES string of the molecule is COc1ccccc1C(=O)OCCCCN1C(=O)c2ccccc2C1=O. The first-order chi connectivity index (χ1) is 12.6. The minimum Gasteiger partial charge on any atom is -0.496 e. The molecule has 3 rings (SSSR count). The molecule has 134 valence electrons. The monoisotopic (exact) mass is 353 g/mol. The van der Waals surface area contributed by atoms with Crippen molar-refractivity contribution in [2.24, 2.45) is 0 Å². The molecule has 0 aliphatic carbocycles. The van der Waals surface area contributed by atoms with Gasteiger partial charge >= 0.3 is 5.97 Å². The van der Waals surface area contributed by atoms with Gasteiger partial charge in [0.15, 0.2) is 0 Å². The Labute approximate surface area is 151 Å². The van der Waals surface area contributed by atoms with E-state index in [1.54, 1.807) is 48.5 Å². The van der Waals surface area contributed by atoms with Crippen LogP contribution in [-0.2, 0) is 4.74 Å². The minimum atomic E-state index is -0.455. The molecule has 6 heteroatoms. The van der Waals surface area contributed by atoms with E-state index in [0.29, 0.717) is 41.8 Å². The average Bonchev–Trinajstić information content (AvgIpc) is 2.92. The van der Waals surface area contributed by atoms with Crippen LogP contribution >= 0.6 is 0 Å². The van der Waals surface area contributed by atoms with Crippen LogP contribution in [0.3, 0.4) is 0 Å². The molecule has 6 nitrogen and oxygen atoms in total. The first-order valence-electron chi connectivity index (χ1n) is 8.39. The van der Waals surface area contributed by atoms with Gasteiger partial charge in [-0.2, -0.15) is 0 Å². The van der Waals surface area contributed by atoms with Crippen LogP contribution in [0.2, 0.25) is 0 Å². The molecule has 2 amide bonds. The fraction of sp³-hybridized carbons (Fsp3) is 0.250. The van der Waals surface area contributed by atoms with E-state index in [1.807, 2.05) is 0 Å². The summed E-state index contributed by atoms with van der Waals surface area (Å²) in [6, 6.07) is 13.6. The number of carbonyl (C=O) groups excluding carboxylic acids is 3. The quantitative estimate of drug-likeness (QED) is 0.435. The number of hydrogen-bond acceptors (Lipinski definition) is 5. The van der Waals surface area contributed by atoms with E-state index in [2.05, 4.69) is 0 Å². The van der Waals surface area contributed by atoms with Crippen molar-refractivity contribution in [3.05, 3.63) is 65.2 Å². The molecule has 0 bridgehead atoms. The molecule has 0 saturated carbocycles. The minimum absolute atomic E-state index is 0.208. The molecule has 0 atom stereocenters. The standard InChI is InChI=1S/C20H19NO5/c1-25-17-11-5-4-10-16(17)20(24)26-13-7-6-12-21-18(22)14-8-2-3-9-15(14)19(21)23/h2-5,8-11H,6-7,12-13H2,1H3. The number of fused-ring (bicyclic) bond motifs is 1. The van der Waals surface area contributed by atoms with Crippen molar-refractivity contribution in [1.29, 1.82) is 0 Å². The van der Waals surface area contributed by atoms with Crippen molar-refractivity contribution >= 4 is 17.8 Å². The van der Waals surface area contributed by atoms with Crippen LogP contribution in [0.25, 0.3) is 0 Å². The molecule has 0 radical (unpaired) electrons. The topological polar surface area (TPSA) is 72.9 Å². The number of carbonyl (C=O) groups is 3. The molecule has 1 aliphatic heterocycles. The highest BCUT2D eigenvalue weighted by atomic mass is 16.5. The molecule has 0 saturated heterocycles. The summed E-state index contributed by atoms with van der Waals surface area (Å²) in [7, 11) is 1.49. The van der Waals surface area contributed by atoms with E-state index in [0.717, 1.165) is 0 Å². The lowest BCUT2D eigenvalue weighted by molar-refractivity contribution is 0.0482. The fourth-order valence-electron chi connectivity index (χ4n) is 2.87. The van der Waals surface area contributed by atoms with Gasteiger partial charge in [-0.25, -0.2) is 4.79 Å². The third kappa shape index (κ3) is 3.44. The Morgan fingerprint density at radius 1 is 0.923 bits per heavy atom. The number of rotatable bonds is 7. The maximum absolute atomic E-state index is 12.2. The van der Waals surface area contributed by atoms with Crippen molar-refractivity contribution in [1.82, 2.24) is 4.90 Å². The summed E-state index contributed by atoms with van der Waals surface area (Å²) < 4.78 is 10.4. The van der Waals surface area contributed by atoms with Crippen LogP contribution in [0, 0.1) is 0 Å². The predicted octanol–water partition coefficient (Wildman–Crippen LogP) is 2.93. The van der Waals surface area contributed by atoms with E-state index in [4.69, 9.17) is 9.47 Å². The third-order valence-electron chi connectivity index (χ3n) is 4.21. The van der Waals surface area contributed by atoms with Gasteiger partial charge in [0.05, 0.1) is 24.8 Å². The van der Waals surface area contributed by atoms with Crippen LogP contribution in [0.15, 0.2) is 48.5 Å². The van der Waals surface area contributed by atoms with Gasteiger partial charge in [0.2, 0.25) is 0 Å². The number of esters is 1. The summed E-state index contributed by atoms with van der Waals surface area (Å²) in [6.07, 6.45) is 1.11. The summed E-state index contributed by atoms with van der Waals surface area (Å²) in [4.78, 5) is 37.8. The number of ether oxygens (including phenoxy) is 2. The van der Waals surface area contributed by atoms with Gasteiger partial charge in [0.1, 0.15) is 11.3 Å². The van der Waals surface area contributed by atoms with Gasteiger partial charge in [-0.15, -0.1) is 0 Å². The smallest absolute Gasteiger partial charge is 0.341 e. The van der Waals surface area contributed by atoms with Crippen molar-refractivity contribution in [3.63, 3.8) is 0 Å². The number of benzene rings is 2. The van der Waals surface area contributed by atoms with Gasteiger partial charge in [-0.3, -0.25) is 14.5 Å². The summed E-state index contributed by atoms with van der Waals surface area (Å²) in [5, 5.41) is 0. The van der Waals surface area contributed by atoms with E-state index < -0.39 is 5.97 Å².